The van der Waals surface area contributed by atoms with Gasteiger partial charge in [0.2, 0.25) is 11.0 Å². The average molecular weight is 397 g/mol. The highest BCUT2D eigenvalue weighted by Gasteiger charge is 2.21. The molecule has 2 heterocycles. The van der Waals surface area contributed by atoms with Gasteiger partial charge < -0.3 is 10.6 Å². The second-order valence-corrected chi connectivity index (χ2v) is 9.83. The van der Waals surface area contributed by atoms with Gasteiger partial charge in [-0.1, -0.05) is 48.4 Å². The summed E-state index contributed by atoms with van der Waals surface area (Å²) >= 11 is 4.77. The lowest BCUT2D eigenvalue weighted by Gasteiger charge is -2.24. The predicted octanol–water partition coefficient (Wildman–Crippen LogP) is 4.18. The Bertz CT molecular complexity index is 653. The number of nitrogens with zero attached hydrogens (tertiary/aromatic N) is 2. The Morgan fingerprint density at radius 2 is 2.20 bits per heavy atom. The van der Waals surface area contributed by atoms with Crippen molar-refractivity contribution in [2.75, 3.05) is 11.9 Å². The van der Waals surface area contributed by atoms with Crippen LogP contribution in [0.3, 0.4) is 0 Å². The summed E-state index contributed by atoms with van der Waals surface area (Å²) in [6, 6.07) is 4.56. The van der Waals surface area contributed by atoms with Gasteiger partial charge in [-0.15, -0.1) is 21.5 Å². The second-order valence-electron chi connectivity index (χ2n) is 6.23. The molecule has 136 valence electrons. The third-order valence-electron chi connectivity index (χ3n) is 4.23. The molecule has 2 aromatic heterocycles. The molecule has 2 N–H and O–H groups in total. The average Bonchev–Trinajstić information content (AvgIpc) is 3.28. The standard InChI is InChI=1S/C17H24N4OS3/c1-12(15(22)19-13-6-3-2-4-7-13)24-17-21-20-16(25-17)18-10-9-14-8-5-11-23-14/h5,8,11-13H,2-4,6-7,9-10H2,1H3,(H,18,20)(H,19,22). The highest BCUT2D eigenvalue weighted by Crippen LogP contribution is 2.29. The Morgan fingerprint density at radius 3 is 2.96 bits per heavy atom. The molecule has 1 saturated carbocycles. The summed E-state index contributed by atoms with van der Waals surface area (Å²) in [5, 5.41) is 17.6. The van der Waals surface area contributed by atoms with Crippen molar-refractivity contribution in [3.8, 4) is 0 Å². The van der Waals surface area contributed by atoms with E-state index in [1.807, 2.05) is 6.92 Å². The van der Waals surface area contributed by atoms with Crippen molar-refractivity contribution in [2.45, 2.75) is 61.1 Å². The molecule has 0 radical (unpaired) electrons. The number of carbonyl (C=O) groups excluding carboxylic acids is 1. The van der Waals surface area contributed by atoms with E-state index in [2.05, 4.69) is 38.3 Å². The number of anilines is 1. The highest BCUT2D eigenvalue weighted by molar-refractivity contribution is 8.02. The lowest BCUT2D eigenvalue weighted by molar-refractivity contribution is -0.121. The van der Waals surface area contributed by atoms with E-state index in [0.717, 1.165) is 35.3 Å². The third kappa shape index (κ3) is 5.97. The van der Waals surface area contributed by atoms with Crippen molar-refractivity contribution in [3.05, 3.63) is 22.4 Å². The van der Waals surface area contributed by atoms with Crippen LogP contribution in [-0.4, -0.2) is 33.9 Å². The first-order chi connectivity index (χ1) is 12.2. The first-order valence-electron chi connectivity index (χ1n) is 8.77. The molecule has 1 aliphatic carbocycles. The van der Waals surface area contributed by atoms with Crippen molar-refractivity contribution in [2.24, 2.45) is 0 Å². The fourth-order valence-electron chi connectivity index (χ4n) is 2.85. The minimum absolute atomic E-state index is 0.110. The summed E-state index contributed by atoms with van der Waals surface area (Å²) in [7, 11) is 0. The Balaban J connectivity index is 1.41. The number of hydrogen-bond acceptors (Lipinski definition) is 7. The van der Waals surface area contributed by atoms with Gasteiger partial charge in [0.15, 0.2) is 4.34 Å². The molecule has 1 atom stereocenters. The maximum atomic E-state index is 12.3. The van der Waals surface area contributed by atoms with Crippen LogP contribution in [0.1, 0.15) is 43.9 Å². The van der Waals surface area contributed by atoms with Gasteiger partial charge in [-0.2, -0.15) is 0 Å². The first-order valence-corrected chi connectivity index (χ1v) is 11.3. The van der Waals surface area contributed by atoms with Crippen LogP contribution in [0.2, 0.25) is 0 Å². The molecule has 0 aromatic carbocycles. The van der Waals surface area contributed by atoms with Crippen LogP contribution in [0.5, 0.6) is 0 Å². The van der Waals surface area contributed by atoms with Crippen molar-refractivity contribution >= 4 is 45.5 Å². The first kappa shape index (κ1) is 18.7. The van der Waals surface area contributed by atoms with E-state index >= 15 is 0 Å². The van der Waals surface area contributed by atoms with Crippen LogP contribution < -0.4 is 10.6 Å². The van der Waals surface area contributed by atoms with Crippen molar-refractivity contribution in [1.82, 2.24) is 15.5 Å². The van der Waals surface area contributed by atoms with Gasteiger partial charge in [0.05, 0.1) is 5.25 Å². The number of nitrogens with one attached hydrogen (secondary N) is 2. The molecule has 1 amide bonds. The predicted molar refractivity (Wildman–Crippen MR) is 107 cm³/mol. The minimum Gasteiger partial charge on any atom is -0.360 e. The van der Waals surface area contributed by atoms with Crippen molar-refractivity contribution in [3.63, 3.8) is 0 Å². The number of rotatable bonds is 8. The van der Waals surface area contributed by atoms with E-state index in [4.69, 9.17) is 0 Å². The molecular weight excluding hydrogens is 372 g/mol. The van der Waals surface area contributed by atoms with E-state index in [0.29, 0.717) is 6.04 Å². The molecule has 1 unspecified atom stereocenters. The third-order valence-corrected chi connectivity index (χ3v) is 7.23. The summed E-state index contributed by atoms with van der Waals surface area (Å²) < 4.78 is 0.838. The van der Waals surface area contributed by atoms with E-state index < -0.39 is 0 Å². The van der Waals surface area contributed by atoms with Crippen LogP contribution in [0.15, 0.2) is 21.9 Å². The number of amides is 1. The maximum absolute atomic E-state index is 12.3. The van der Waals surface area contributed by atoms with Gasteiger partial charge >= 0.3 is 0 Å². The maximum Gasteiger partial charge on any atom is 0.233 e. The smallest absolute Gasteiger partial charge is 0.233 e. The van der Waals surface area contributed by atoms with Gasteiger partial charge in [0, 0.05) is 17.5 Å². The summed E-state index contributed by atoms with van der Waals surface area (Å²) in [6.07, 6.45) is 6.96. The molecule has 0 bridgehead atoms. The molecule has 5 nitrogen and oxygen atoms in total. The minimum atomic E-state index is -0.145. The molecule has 8 heteroatoms. The summed E-state index contributed by atoms with van der Waals surface area (Å²) in [5.74, 6) is 0.110. The molecule has 25 heavy (non-hydrogen) atoms. The normalized spacial score (nSPS) is 16.5. The Morgan fingerprint density at radius 1 is 1.36 bits per heavy atom. The van der Waals surface area contributed by atoms with Gasteiger partial charge in [-0.05, 0) is 37.6 Å². The molecule has 1 fully saturated rings. The van der Waals surface area contributed by atoms with Crippen LogP contribution >= 0.6 is 34.4 Å². The molecule has 0 saturated heterocycles. The van der Waals surface area contributed by atoms with Crippen molar-refractivity contribution in [1.29, 1.82) is 0 Å². The number of aromatic nitrogens is 2. The molecular formula is C17H24N4OS3. The van der Waals surface area contributed by atoms with E-state index in [1.165, 1.54) is 47.2 Å². The van der Waals surface area contributed by atoms with Crippen molar-refractivity contribution < 1.29 is 4.79 Å². The lowest BCUT2D eigenvalue weighted by atomic mass is 9.95. The van der Waals surface area contributed by atoms with Gasteiger partial charge in [-0.3, -0.25) is 4.79 Å². The molecule has 1 aliphatic rings. The number of thioether (sulfide) groups is 1. The Hall–Kier alpha value is -1.12. The van der Waals surface area contributed by atoms with Gasteiger partial charge in [-0.25, -0.2) is 0 Å². The second kappa shape index (κ2) is 9.54. The van der Waals surface area contributed by atoms with E-state index in [1.54, 1.807) is 11.3 Å². The number of hydrogen-bond donors (Lipinski definition) is 2. The Labute approximate surface area is 161 Å². The zero-order valence-electron chi connectivity index (χ0n) is 14.4. The fourth-order valence-corrected chi connectivity index (χ4v) is 5.49. The van der Waals surface area contributed by atoms with Gasteiger partial charge in [0.25, 0.3) is 0 Å². The largest absolute Gasteiger partial charge is 0.360 e. The zero-order chi connectivity index (χ0) is 17.5. The monoisotopic (exact) mass is 396 g/mol. The molecule has 0 spiro atoms. The van der Waals surface area contributed by atoms with E-state index in [-0.39, 0.29) is 11.2 Å². The summed E-state index contributed by atoms with van der Waals surface area (Å²) in [4.78, 5) is 13.7. The molecule has 0 aliphatic heterocycles. The summed E-state index contributed by atoms with van der Waals surface area (Å²) in [5.41, 5.74) is 0. The zero-order valence-corrected chi connectivity index (χ0v) is 16.8. The SMILES string of the molecule is CC(Sc1nnc(NCCc2cccs2)s1)C(=O)NC1CCCCC1. The number of thiophene rings is 1. The van der Waals surface area contributed by atoms with Crippen LogP contribution in [0.25, 0.3) is 0 Å². The lowest BCUT2D eigenvalue weighted by Crippen LogP contribution is -2.40. The quantitative estimate of drug-likeness (QED) is 0.655. The summed E-state index contributed by atoms with van der Waals surface area (Å²) in [6.45, 7) is 2.78. The molecule has 2 aromatic rings. The molecule has 3 rings (SSSR count). The van der Waals surface area contributed by atoms with Crippen LogP contribution in [0, 0.1) is 0 Å². The van der Waals surface area contributed by atoms with Crippen LogP contribution in [0.4, 0.5) is 5.13 Å². The topological polar surface area (TPSA) is 66.9 Å². The Kier molecular flexibility index (Phi) is 7.12. The van der Waals surface area contributed by atoms with Gasteiger partial charge in [0.1, 0.15) is 0 Å². The fraction of sp³-hybridized carbons (Fsp3) is 0.588. The van der Waals surface area contributed by atoms with Crippen LogP contribution in [-0.2, 0) is 11.2 Å². The van der Waals surface area contributed by atoms with E-state index in [9.17, 15) is 4.79 Å². The number of carbonyl (C=O) groups is 1. The highest BCUT2D eigenvalue weighted by atomic mass is 32.2.